The second-order valence-electron chi connectivity index (χ2n) is 3.58. The van der Waals surface area contributed by atoms with Crippen LogP contribution in [0.15, 0.2) is 17.2 Å². The van der Waals surface area contributed by atoms with Crippen molar-refractivity contribution in [3.63, 3.8) is 0 Å². The number of aryl methyl sites for hydroxylation is 1. The van der Waals surface area contributed by atoms with Crippen molar-refractivity contribution in [3.8, 4) is 0 Å². The van der Waals surface area contributed by atoms with Crippen LogP contribution in [0.2, 0.25) is 0 Å². The van der Waals surface area contributed by atoms with Crippen molar-refractivity contribution < 1.29 is 15.0 Å². The fraction of sp³-hybridized carbons (Fsp3) is 0.455. The zero-order chi connectivity index (χ0) is 12.1. The molecule has 1 heterocycles. The van der Waals surface area contributed by atoms with Gasteiger partial charge in [0.05, 0.1) is 10.6 Å². The lowest BCUT2D eigenvalue weighted by Crippen LogP contribution is -2.03. The summed E-state index contributed by atoms with van der Waals surface area (Å²) in [4.78, 5) is 15.1. The van der Waals surface area contributed by atoms with Gasteiger partial charge in [-0.25, -0.2) is 9.78 Å². The van der Waals surface area contributed by atoms with Crippen molar-refractivity contribution in [2.75, 3.05) is 6.61 Å². The summed E-state index contributed by atoms with van der Waals surface area (Å²) in [7, 11) is 0. The number of aromatic carboxylic acids is 1. The quantitative estimate of drug-likeness (QED) is 0.771. The zero-order valence-electron chi connectivity index (χ0n) is 9.30. The van der Waals surface area contributed by atoms with Gasteiger partial charge in [-0.3, -0.25) is 0 Å². The number of carboxylic acids is 1. The van der Waals surface area contributed by atoms with Crippen LogP contribution >= 0.6 is 11.8 Å². The first kappa shape index (κ1) is 13.0. The summed E-state index contributed by atoms with van der Waals surface area (Å²) in [5.74, 6) is -0.942. The average molecular weight is 241 g/mol. The smallest absolute Gasteiger partial charge is 0.335 e. The zero-order valence-corrected chi connectivity index (χ0v) is 10.1. The third-order valence-electron chi connectivity index (χ3n) is 2.03. The maximum Gasteiger partial charge on any atom is 0.335 e. The molecule has 0 aliphatic rings. The van der Waals surface area contributed by atoms with Crippen molar-refractivity contribution in [2.24, 2.45) is 0 Å². The Labute approximate surface area is 98.7 Å². The van der Waals surface area contributed by atoms with Crippen molar-refractivity contribution in [3.05, 3.63) is 23.4 Å². The maximum atomic E-state index is 10.8. The monoisotopic (exact) mass is 241 g/mol. The Kier molecular flexibility index (Phi) is 4.76. The van der Waals surface area contributed by atoms with E-state index < -0.39 is 5.97 Å². The highest BCUT2D eigenvalue weighted by molar-refractivity contribution is 7.99. The third-order valence-corrected chi connectivity index (χ3v) is 3.12. The summed E-state index contributed by atoms with van der Waals surface area (Å²) in [6.07, 6.45) is 0.669. The highest BCUT2D eigenvalue weighted by Gasteiger charge is 2.10. The Bertz CT molecular complexity index is 381. The van der Waals surface area contributed by atoms with Gasteiger partial charge in [-0.1, -0.05) is 6.92 Å². The number of nitrogens with zero attached hydrogens (tertiary/aromatic N) is 1. The molecule has 0 saturated heterocycles. The van der Waals surface area contributed by atoms with E-state index in [-0.39, 0.29) is 17.4 Å². The predicted molar refractivity (Wildman–Crippen MR) is 63.0 cm³/mol. The number of aromatic nitrogens is 1. The molecular weight excluding hydrogens is 226 g/mol. The second-order valence-corrected chi connectivity index (χ2v) is 5.04. The molecule has 0 aliphatic heterocycles. The molecule has 1 unspecified atom stereocenters. The first-order valence-electron chi connectivity index (χ1n) is 5.02. The number of aliphatic hydroxyl groups is 1. The first-order valence-corrected chi connectivity index (χ1v) is 5.90. The van der Waals surface area contributed by atoms with Crippen LogP contribution in [0.5, 0.6) is 0 Å². The van der Waals surface area contributed by atoms with E-state index in [1.807, 2.05) is 6.92 Å². The number of carboxylic acid groups (broad SMARTS) is 1. The summed E-state index contributed by atoms with van der Waals surface area (Å²) in [5.41, 5.74) is 0.949. The molecule has 1 aromatic heterocycles. The highest BCUT2D eigenvalue weighted by atomic mass is 32.2. The van der Waals surface area contributed by atoms with Gasteiger partial charge < -0.3 is 10.2 Å². The van der Waals surface area contributed by atoms with E-state index in [4.69, 9.17) is 10.2 Å². The van der Waals surface area contributed by atoms with Crippen LogP contribution in [-0.2, 0) is 0 Å². The topological polar surface area (TPSA) is 70.4 Å². The van der Waals surface area contributed by atoms with Gasteiger partial charge in [-0.05, 0) is 25.5 Å². The average Bonchev–Trinajstić information content (AvgIpc) is 2.16. The van der Waals surface area contributed by atoms with Gasteiger partial charge in [0.25, 0.3) is 0 Å². The van der Waals surface area contributed by atoms with E-state index in [0.717, 1.165) is 0 Å². The Morgan fingerprint density at radius 2 is 2.25 bits per heavy atom. The molecular formula is C11H15NO3S. The summed E-state index contributed by atoms with van der Waals surface area (Å²) in [6, 6.07) is 3.11. The number of aliphatic hydroxyl groups excluding tert-OH is 1. The van der Waals surface area contributed by atoms with Gasteiger partial charge in [-0.15, -0.1) is 11.8 Å². The van der Waals surface area contributed by atoms with Crippen molar-refractivity contribution in [2.45, 2.75) is 30.5 Å². The van der Waals surface area contributed by atoms with Crippen LogP contribution < -0.4 is 0 Å². The van der Waals surface area contributed by atoms with Gasteiger partial charge in [0, 0.05) is 17.6 Å². The lowest BCUT2D eigenvalue weighted by atomic mass is 10.2. The largest absolute Gasteiger partial charge is 0.478 e. The van der Waals surface area contributed by atoms with E-state index >= 15 is 0 Å². The van der Waals surface area contributed by atoms with Crippen LogP contribution in [-0.4, -0.2) is 33.0 Å². The van der Waals surface area contributed by atoms with E-state index in [1.165, 1.54) is 11.8 Å². The van der Waals surface area contributed by atoms with E-state index in [0.29, 0.717) is 17.1 Å². The number of hydrogen-bond acceptors (Lipinski definition) is 4. The maximum absolute atomic E-state index is 10.8. The van der Waals surface area contributed by atoms with E-state index in [9.17, 15) is 4.79 Å². The molecule has 4 nitrogen and oxygen atoms in total. The molecule has 1 rings (SSSR count). The van der Waals surface area contributed by atoms with Crippen LogP contribution in [0.1, 0.15) is 29.4 Å². The van der Waals surface area contributed by atoms with Crippen molar-refractivity contribution in [1.29, 1.82) is 0 Å². The normalized spacial score (nSPS) is 12.4. The number of hydrogen-bond donors (Lipinski definition) is 2. The Balaban J connectivity index is 2.84. The van der Waals surface area contributed by atoms with Gasteiger partial charge in [0.15, 0.2) is 0 Å². The van der Waals surface area contributed by atoms with Gasteiger partial charge in [0.1, 0.15) is 0 Å². The van der Waals surface area contributed by atoms with Gasteiger partial charge in [0.2, 0.25) is 0 Å². The lowest BCUT2D eigenvalue weighted by Gasteiger charge is -2.09. The minimum absolute atomic E-state index is 0.131. The van der Waals surface area contributed by atoms with E-state index in [1.54, 1.807) is 19.1 Å². The minimum atomic E-state index is -0.942. The second kappa shape index (κ2) is 5.86. The fourth-order valence-electron chi connectivity index (χ4n) is 1.27. The standard InChI is InChI=1S/C11H15NO3S/c1-7-5-9(11(14)15)6-10(12-7)16-8(2)3-4-13/h5-6,8,13H,3-4H2,1-2H3,(H,14,15). The van der Waals surface area contributed by atoms with Crippen LogP contribution in [0.4, 0.5) is 0 Å². The molecule has 1 atom stereocenters. The summed E-state index contributed by atoms with van der Waals surface area (Å²) >= 11 is 1.48. The van der Waals surface area contributed by atoms with Gasteiger partial charge >= 0.3 is 5.97 Å². The van der Waals surface area contributed by atoms with Crippen LogP contribution in [0.3, 0.4) is 0 Å². The molecule has 0 amide bonds. The summed E-state index contributed by atoms with van der Waals surface area (Å²) < 4.78 is 0. The summed E-state index contributed by atoms with van der Waals surface area (Å²) in [5, 5.41) is 18.6. The minimum Gasteiger partial charge on any atom is -0.478 e. The Morgan fingerprint density at radius 3 is 2.81 bits per heavy atom. The number of rotatable bonds is 5. The number of carbonyl (C=O) groups is 1. The van der Waals surface area contributed by atoms with Crippen LogP contribution in [0.25, 0.3) is 0 Å². The molecule has 0 spiro atoms. The Morgan fingerprint density at radius 1 is 1.56 bits per heavy atom. The predicted octanol–water partition coefficient (Wildman–Crippen LogP) is 1.95. The lowest BCUT2D eigenvalue weighted by molar-refractivity contribution is 0.0696. The Hall–Kier alpha value is -1.07. The highest BCUT2D eigenvalue weighted by Crippen LogP contribution is 2.24. The molecule has 0 saturated carbocycles. The summed E-state index contributed by atoms with van der Waals surface area (Å²) in [6.45, 7) is 3.88. The van der Waals surface area contributed by atoms with Crippen LogP contribution in [0, 0.1) is 6.92 Å². The van der Waals surface area contributed by atoms with Crippen molar-refractivity contribution >= 4 is 17.7 Å². The molecule has 88 valence electrons. The van der Waals surface area contributed by atoms with E-state index in [2.05, 4.69) is 4.98 Å². The molecule has 0 aliphatic carbocycles. The SMILES string of the molecule is Cc1cc(C(=O)O)cc(SC(C)CCO)n1. The molecule has 2 N–H and O–H groups in total. The van der Waals surface area contributed by atoms with Crippen molar-refractivity contribution in [1.82, 2.24) is 4.98 Å². The third kappa shape index (κ3) is 3.83. The molecule has 0 bridgehead atoms. The molecule has 0 aromatic carbocycles. The fourth-order valence-corrected chi connectivity index (χ4v) is 2.30. The number of pyridine rings is 1. The molecule has 16 heavy (non-hydrogen) atoms. The molecule has 5 heteroatoms. The van der Waals surface area contributed by atoms with Gasteiger partial charge in [-0.2, -0.15) is 0 Å². The first-order chi connectivity index (χ1) is 7.52. The molecule has 0 fully saturated rings. The molecule has 1 aromatic rings. The number of thioether (sulfide) groups is 1. The molecule has 0 radical (unpaired) electrons.